The maximum Gasteiger partial charge on any atom is 0.150 e. The maximum atomic E-state index is 10.0. The lowest BCUT2D eigenvalue weighted by Gasteiger charge is -2.35. The first-order chi connectivity index (χ1) is 9.54. The predicted octanol–water partition coefficient (Wildman–Crippen LogP) is 1.54. The smallest absolute Gasteiger partial charge is 0.150 e. The molecule has 2 N–H and O–H groups in total. The van der Waals surface area contributed by atoms with Crippen molar-refractivity contribution in [3.05, 3.63) is 11.6 Å². The van der Waals surface area contributed by atoms with Crippen LogP contribution < -0.4 is 5.32 Å². The average Bonchev–Trinajstić information content (AvgIpc) is 3.20. The van der Waals surface area contributed by atoms with E-state index in [2.05, 4.69) is 43.1 Å². The number of nitrogens with one attached hydrogen (secondary N) is 1. The van der Waals surface area contributed by atoms with Crippen LogP contribution in [0.1, 0.15) is 52.2 Å². The predicted molar refractivity (Wildman–Crippen MR) is 79.6 cm³/mol. The molecule has 1 heterocycles. The molecule has 1 atom stereocenters. The van der Waals surface area contributed by atoms with Gasteiger partial charge in [0.1, 0.15) is 5.82 Å². The van der Waals surface area contributed by atoms with E-state index in [9.17, 15) is 5.11 Å². The van der Waals surface area contributed by atoms with E-state index in [1.807, 2.05) is 4.68 Å². The van der Waals surface area contributed by atoms with Crippen molar-refractivity contribution in [1.29, 1.82) is 0 Å². The van der Waals surface area contributed by atoms with E-state index < -0.39 is 0 Å². The van der Waals surface area contributed by atoms with Crippen LogP contribution >= 0.6 is 0 Å². The van der Waals surface area contributed by atoms with Crippen LogP contribution in [0, 0.1) is 5.92 Å². The fourth-order valence-corrected chi connectivity index (χ4v) is 2.96. The van der Waals surface area contributed by atoms with Gasteiger partial charge in [0.05, 0.1) is 18.7 Å². The van der Waals surface area contributed by atoms with Crippen LogP contribution in [0.15, 0.2) is 0 Å². The monoisotopic (exact) mass is 280 g/mol. The Morgan fingerprint density at radius 3 is 2.50 bits per heavy atom. The molecule has 0 saturated heterocycles. The van der Waals surface area contributed by atoms with Gasteiger partial charge >= 0.3 is 0 Å². The second-order valence-corrected chi connectivity index (χ2v) is 6.20. The number of aromatic nitrogens is 3. The minimum atomic E-state index is -0.253. The van der Waals surface area contributed by atoms with Crippen LogP contribution in [-0.2, 0) is 19.4 Å². The maximum absolute atomic E-state index is 10.0. The second kappa shape index (κ2) is 6.22. The van der Waals surface area contributed by atoms with E-state index >= 15 is 0 Å². The van der Waals surface area contributed by atoms with Crippen molar-refractivity contribution in [2.45, 2.75) is 71.5 Å². The quantitative estimate of drug-likeness (QED) is 0.758. The third-order valence-electron chi connectivity index (χ3n) is 4.07. The van der Waals surface area contributed by atoms with Crippen LogP contribution in [-0.4, -0.2) is 38.1 Å². The third-order valence-corrected chi connectivity index (χ3v) is 4.07. The van der Waals surface area contributed by atoms with E-state index in [0.29, 0.717) is 18.5 Å². The molecule has 1 aromatic heterocycles. The van der Waals surface area contributed by atoms with E-state index in [1.54, 1.807) is 0 Å². The summed E-state index contributed by atoms with van der Waals surface area (Å²) in [7, 11) is 0. The molecule has 5 nitrogen and oxygen atoms in total. The summed E-state index contributed by atoms with van der Waals surface area (Å²) in [4.78, 5) is 4.57. The second-order valence-electron chi connectivity index (χ2n) is 6.20. The molecule has 0 bridgehead atoms. The highest BCUT2D eigenvalue weighted by atomic mass is 16.3. The van der Waals surface area contributed by atoms with Crippen LogP contribution in [0.25, 0.3) is 0 Å². The van der Waals surface area contributed by atoms with Gasteiger partial charge < -0.3 is 10.4 Å². The normalized spacial score (nSPS) is 18.5. The summed E-state index contributed by atoms with van der Waals surface area (Å²) in [5.74, 6) is 2.47. The van der Waals surface area contributed by atoms with Gasteiger partial charge in [0, 0.05) is 18.9 Å². The number of aliphatic hydroxyl groups is 1. The SMILES string of the molecule is CCc1nc(CC)n(CC(CO)(NC(C)C)C2CC2)n1. The van der Waals surface area contributed by atoms with Gasteiger partial charge in [-0.1, -0.05) is 27.7 Å². The van der Waals surface area contributed by atoms with Crippen molar-refractivity contribution in [2.24, 2.45) is 5.92 Å². The molecule has 0 spiro atoms. The molecule has 1 aliphatic carbocycles. The van der Waals surface area contributed by atoms with Crippen LogP contribution in [0.2, 0.25) is 0 Å². The van der Waals surface area contributed by atoms with Crippen molar-refractivity contribution >= 4 is 0 Å². The highest BCUT2D eigenvalue weighted by molar-refractivity contribution is 5.04. The number of aliphatic hydroxyl groups excluding tert-OH is 1. The van der Waals surface area contributed by atoms with Crippen LogP contribution in [0.4, 0.5) is 0 Å². The van der Waals surface area contributed by atoms with E-state index in [0.717, 1.165) is 24.5 Å². The number of hydrogen-bond donors (Lipinski definition) is 2. The van der Waals surface area contributed by atoms with Gasteiger partial charge in [0.25, 0.3) is 0 Å². The van der Waals surface area contributed by atoms with Crippen molar-refractivity contribution in [3.63, 3.8) is 0 Å². The zero-order valence-electron chi connectivity index (χ0n) is 13.2. The van der Waals surface area contributed by atoms with E-state index in [4.69, 9.17) is 0 Å². The summed E-state index contributed by atoms with van der Waals surface area (Å²) in [5, 5.41) is 18.2. The molecule has 0 radical (unpaired) electrons. The standard InChI is InChI=1S/C15H28N4O/c1-5-13-16-14(6-2)19(18-13)9-15(10-20,12-7-8-12)17-11(3)4/h11-12,17,20H,5-10H2,1-4H3. The van der Waals surface area contributed by atoms with Gasteiger partial charge in [-0.2, -0.15) is 5.10 Å². The Balaban J connectivity index is 2.24. The van der Waals surface area contributed by atoms with Gasteiger partial charge in [-0.25, -0.2) is 9.67 Å². The molecule has 1 aliphatic rings. The first-order valence-electron chi connectivity index (χ1n) is 7.85. The molecular formula is C15H28N4O. The summed E-state index contributed by atoms with van der Waals surface area (Å²) in [6.07, 6.45) is 4.11. The van der Waals surface area contributed by atoms with Crippen LogP contribution in [0.3, 0.4) is 0 Å². The van der Waals surface area contributed by atoms with Crippen molar-refractivity contribution in [3.8, 4) is 0 Å². The fraction of sp³-hybridized carbons (Fsp3) is 0.867. The van der Waals surface area contributed by atoms with Gasteiger partial charge in [0.2, 0.25) is 0 Å². The Morgan fingerprint density at radius 1 is 1.35 bits per heavy atom. The molecule has 0 aromatic carbocycles. The number of rotatable bonds is 8. The Morgan fingerprint density at radius 2 is 2.05 bits per heavy atom. The molecule has 0 amide bonds. The van der Waals surface area contributed by atoms with E-state index in [1.165, 1.54) is 12.8 Å². The molecule has 2 rings (SSSR count). The number of aryl methyl sites for hydroxylation is 2. The molecule has 0 aliphatic heterocycles. The Labute approximate surface area is 121 Å². The van der Waals surface area contributed by atoms with Gasteiger partial charge in [-0.3, -0.25) is 0 Å². The lowest BCUT2D eigenvalue weighted by atomic mass is 9.93. The largest absolute Gasteiger partial charge is 0.394 e. The summed E-state index contributed by atoms with van der Waals surface area (Å²) in [5.41, 5.74) is -0.253. The van der Waals surface area contributed by atoms with Crippen molar-refractivity contribution < 1.29 is 5.11 Å². The summed E-state index contributed by atoms with van der Waals surface area (Å²) >= 11 is 0. The first kappa shape index (κ1) is 15.4. The number of hydrogen-bond acceptors (Lipinski definition) is 4. The van der Waals surface area contributed by atoms with Gasteiger partial charge in [-0.05, 0) is 18.8 Å². The summed E-state index contributed by atoms with van der Waals surface area (Å²) in [6, 6.07) is 0.349. The Kier molecular flexibility index (Phi) is 4.81. The highest BCUT2D eigenvalue weighted by Crippen LogP contribution is 2.40. The molecular weight excluding hydrogens is 252 g/mol. The molecule has 114 valence electrons. The first-order valence-corrected chi connectivity index (χ1v) is 7.85. The lowest BCUT2D eigenvalue weighted by Crippen LogP contribution is -2.56. The lowest BCUT2D eigenvalue weighted by molar-refractivity contribution is 0.108. The minimum Gasteiger partial charge on any atom is -0.394 e. The topological polar surface area (TPSA) is 63.0 Å². The molecule has 1 unspecified atom stereocenters. The summed E-state index contributed by atoms with van der Waals surface area (Å²) in [6.45, 7) is 9.31. The fourth-order valence-electron chi connectivity index (χ4n) is 2.96. The average molecular weight is 280 g/mol. The zero-order chi connectivity index (χ0) is 14.8. The van der Waals surface area contributed by atoms with Gasteiger partial charge in [-0.15, -0.1) is 0 Å². The van der Waals surface area contributed by atoms with E-state index in [-0.39, 0.29) is 12.1 Å². The molecule has 20 heavy (non-hydrogen) atoms. The van der Waals surface area contributed by atoms with Crippen molar-refractivity contribution in [1.82, 2.24) is 20.1 Å². The van der Waals surface area contributed by atoms with Crippen LogP contribution in [0.5, 0.6) is 0 Å². The molecule has 1 saturated carbocycles. The zero-order valence-corrected chi connectivity index (χ0v) is 13.2. The third kappa shape index (κ3) is 3.20. The Hall–Kier alpha value is -0.940. The highest BCUT2D eigenvalue weighted by Gasteiger charge is 2.45. The molecule has 5 heteroatoms. The van der Waals surface area contributed by atoms with Gasteiger partial charge in [0.15, 0.2) is 5.82 Å². The molecule has 1 fully saturated rings. The molecule has 1 aromatic rings. The van der Waals surface area contributed by atoms with Crippen molar-refractivity contribution in [2.75, 3.05) is 6.61 Å². The number of nitrogens with zero attached hydrogens (tertiary/aromatic N) is 3. The Bertz CT molecular complexity index is 439. The summed E-state index contributed by atoms with van der Waals surface area (Å²) < 4.78 is 2.00. The minimum absolute atomic E-state index is 0.153.